The highest BCUT2D eigenvalue weighted by atomic mass is 16.2. The fourth-order valence-electron chi connectivity index (χ4n) is 2.94. The van der Waals surface area contributed by atoms with Gasteiger partial charge in [-0.3, -0.25) is 4.79 Å². The zero-order valence-electron chi connectivity index (χ0n) is 16.0. The number of para-hydroxylation sites is 1. The maximum Gasteiger partial charge on any atom is 0.317 e. The van der Waals surface area contributed by atoms with Crippen molar-refractivity contribution in [1.29, 1.82) is 0 Å². The number of amides is 3. The van der Waals surface area contributed by atoms with Crippen LogP contribution in [0, 0.1) is 0 Å². The lowest BCUT2D eigenvalue weighted by molar-refractivity contribution is -0.119. The van der Waals surface area contributed by atoms with Gasteiger partial charge in [0.05, 0.1) is 11.4 Å². The quantitative estimate of drug-likeness (QED) is 0.860. The van der Waals surface area contributed by atoms with Crippen molar-refractivity contribution in [2.45, 2.75) is 32.5 Å². The number of nitrogens with one attached hydrogen (secondary N) is 2. The highest BCUT2D eigenvalue weighted by molar-refractivity contribution is 6.20. The molecule has 0 saturated carbocycles. The first-order chi connectivity index (χ1) is 12.8. The second-order valence-corrected chi connectivity index (χ2v) is 7.51. The molecule has 6 nitrogen and oxygen atoms in total. The number of fused-ring (bicyclic) bond motifs is 1. The lowest BCUT2D eigenvalue weighted by Gasteiger charge is -2.24. The third-order valence-electron chi connectivity index (χ3n) is 4.15. The van der Waals surface area contributed by atoms with Crippen molar-refractivity contribution in [2.24, 2.45) is 4.99 Å². The van der Waals surface area contributed by atoms with Crippen molar-refractivity contribution in [3.8, 4) is 0 Å². The summed E-state index contributed by atoms with van der Waals surface area (Å²) in [5, 5.41) is 5.51. The SMILES string of the molecule is CN1C(=O)[C@@H](NC(=O)NC(C)(C)C)N=C(c2ccccc2)c2ccccc21. The molecule has 0 aliphatic carbocycles. The van der Waals surface area contributed by atoms with Crippen LogP contribution in [0.2, 0.25) is 0 Å². The summed E-state index contributed by atoms with van der Waals surface area (Å²) < 4.78 is 0. The first-order valence-electron chi connectivity index (χ1n) is 8.85. The zero-order valence-corrected chi connectivity index (χ0v) is 16.0. The first kappa shape index (κ1) is 18.6. The summed E-state index contributed by atoms with van der Waals surface area (Å²) in [5.74, 6) is -0.294. The number of benzodiazepines with no additional fused rings is 1. The van der Waals surface area contributed by atoms with E-state index in [2.05, 4.69) is 15.6 Å². The number of anilines is 1. The van der Waals surface area contributed by atoms with Crippen LogP contribution in [-0.4, -0.2) is 36.4 Å². The molecule has 27 heavy (non-hydrogen) atoms. The van der Waals surface area contributed by atoms with Crippen LogP contribution in [0.4, 0.5) is 10.5 Å². The number of rotatable bonds is 2. The first-order valence-corrected chi connectivity index (χ1v) is 8.85. The van der Waals surface area contributed by atoms with E-state index in [-0.39, 0.29) is 5.91 Å². The molecule has 0 saturated heterocycles. The molecule has 0 unspecified atom stereocenters. The van der Waals surface area contributed by atoms with E-state index in [1.165, 1.54) is 4.90 Å². The fraction of sp³-hybridized carbons (Fsp3) is 0.286. The molecule has 1 atom stereocenters. The molecule has 0 bridgehead atoms. The molecule has 3 amide bonds. The van der Waals surface area contributed by atoms with Gasteiger partial charge in [0.1, 0.15) is 0 Å². The summed E-state index contributed by atoms with van der Waals surface area (Å²) in [6.45, 7) is 5.63. The van der Waals surface area contributed by atoms with Crippen LogP contribution in [0.25, 0.3) is 0 Å². The molecule has 0 radical (unpaired) electrons. The lowest BCUT2D eigenvalue weighted by atomic mass is 10.0. The van der Waals surface area contributed by atoms with Gasteiger partial charge < -0.3 is 15.5 Å². The summed E-state index contributed by atoms with van der Waals surface area (Å²) in [7, 11) is 1.70. The number of carbonyl (C=O) groups excluding carboxylic acids is 2. The molecule has 2 N–H and O–H groups in total. The summed E-state index contributed by atoms with van der Waals surface area (Å²) in [4.78, 5) is 31.5. The van der Waals surface area contributed by atoms with Gasteiger partial charge in [-0.25, -0.2) is 9.79 Å². The smallest absolute Gasteiger partial charge is 0.317 e. The highest BCUT2D eigenvalue weighted by Crippen LogP contribution is 2.27. The summed E-state index contributed by atoms with van der Waals surface area (Å²) in [5.41, 5.74) is 2.74. The number of hydrogen-bond donors (Lipinski definition) is 2. The third kappa shape index (κ3) is 4.16. The largest absolute Gasteiger partial charge is 0.334 e. The van der Waals surface area contributed by atoms with Crippen molar-refractivity contribution < 1.29 is 9.59 Å². The molecule has 3 rings (SSSR count). The average Bonchev–Trinajstić information content (AvgIpc) is 2.72. The lowest BCUT2D eigenvalue weighted by Crippen LogP contribution is -2.53. The van der Waals surface area contributed by atoms with E-state index in [9.17, 15) is 9.59 Å². The molecule has 0 spiro atoms. The van der Waals surface area contributed by atoms with E-state index in [4.69, 9.17) is 0 Å². The monoisotopic (exact) mass is 364 g/mol. The van der Waals surface area contributed by atoms with Crippen LogP contribution in [0.5, 0.6) is 0 Å². The van der Waals surface area contributed by atoms with Crippen molar-refractivity contribution in [3.05, 3.63) is 65.7 Å². The number of aliphatic imine (C=N–C) groups is 1. The molecular weight excluding hydrogens is 340 g/mol. The van der Waals surface area contributed by atoms with E-state index in [1.807, 2.05) is 75.4 Å². The molecule has 6 heteroatoms. The minimum Gasteiger partial charge on any atom is -0.334 e. The Labute approximate surface area is 159 Å². The van der Waals surface area contributed by atoms with Gasteiger partial charge in [0.15, 0.2) is 0 Å². The molecule has 1 aliphatic heterocycles. The van der Waals surface area contributed by atoms with Crippen LogP contribution in [0.3, 0.4) is 0 Å². The van der Waals surface area contributed by atoms with Gasteiger partial charge >= 0.3 is 6.03 Å². The minimum absolute atomic E-state index is 0.294. The van der Waals surface area contributed by atoms with Crippen LogP contribution < -0.4 is 15.5 Å². The standard InChI is InChI=1S/C21H24N4O2/c1-21(2,3)24-20(27)23-18-19(26)25(4)16-13-9-8-12-15(16)17(22-18)14-10-6-5-7-11-14/h5-13,18H,1-4H3,(H2,23,24,27)/t18-/m1/s1. The predicted molar refractivity (Wildman–Crippen MR) is 107 cm³/mol. The number of urea groups is 1. The van der Waals surface area contributed by atoms with E-state index in [1.54, 1.807) is 7.05 Å². The zero-order chi connectivity index (χ0) is 19.6. The number of likely N-dealkylation sites (N-methyl/N-ethyl adjacent to an activating group) is 1. The third-order valence-corrected chi connectivity index (χ3v) is 4.15. The van der Waals surface area contributed by atoms with Gasteiger partial charge in [0.25, 0.3) is 5.91 Å². The van der Waals surface area contributed by atoms with Crippen LogP contribution >= 0.6 is 0 Å². The Hall–Kier alpha value is -3.15. The maximum atomic E-state index is 13.0. The number of nitrogens with zero attached hydrogens (tertiary/aromatic N) is 2. The van der Waals surface area contributed by atoms with Gasteiger partial charge in [0, 0.05) is 23.7 Å². The average molecular weight is 364 g/mol. The van der Waals surface area contributed by atoms with Gasteiger partial charge in [-0.2, -0.15) is 0 Å². The van der Waals surface area contributed by atoms with Crippen LogP contribution in [0.15, 0.2) is 59.6 Å². The Morgan fingerprint density at radius 1 is 1.04 bits per heavy atom. The maximum absolute atomic E-state index is 13.0. The topological polar surface area (TPSA) is 73.8 Å². The molecular formula is C21H24N4O2. The normalized spacial score (nSPS) is 16.9. The molecule has 1 heterocycles. The van der Waals surface area contributed by atoms with E-state index in [0.29, 0.717) is 5.71 Å². The van der Waals surface area contributed by atoms with Gasteiger partial charge in [-0.1, -0.05) is 48.5 Å². The van der Waals surface area contributed by atoms with Crippen molar-refractivity contribution >= 4 is 23.3 Å². The minimum atomic E-state index is -1.01. The van der Waals surface area contributed by atoms with E-state index >= 15 is 0 Å². The fourth-order valence-corrected chi connectivity index (χ4v) is 2.94. The van der Waals surface area contributed by atoms with Crippen LogP contribution in [-0.2, 0) is 4.79 Å². The molecule has 2 aromatic carbocycles. The van der Waals surface area contributed by atoms with Crippen LogP contribution in [0.1, 0.15) is 31.9 Å². The number of benzene rings is 2. The van der Waals surface area contributed by atoms with E-state index < -0.39 is 17.7 Å². The Balaban J connectivity index is 2.05. The van der Waals surface area contributed by atoms with Crippen molar-refractivity contribution in [2.75, 3.05) is 11.9 Å². The Morgan fingerprint density at radius 2 is 1.67 bits per heavy atom. The Morgan fingerprint density at radius 3 is 2.33 bits per heavy atom. The number of hydrogen-bond acceptors (Lipinski definition) is 3. The van der Waals surface area contributed by atoms with Gasteiger partial charge in [-0.05, 0) is 26.8 Å². The van der Waals surface area contributed by atoms with E-state index in [0.717, 1.165) is 16.8 Å². The second-order valence-electron chi connectivity index (χ2n) is 7.51. The predicted octanol–water partition coefficient (Wildman–Crippen LogP) is 2.92. The number of carbonyl (C=O) groups is 2. The second kappa shape index (κ2) is 7.23. The van der Waals surface area contributed by atoms with Crippen molar-refractivity contribution in [3.63, 3.8) is 0 Å². The molecule has 1 aliphatic rings. The van der Waals surface area contributed by atoms with Gasteiger partial charge in [0.2, 0.25) is 6.17 Å². The molecule has 0 aromatic heterocycles. The highest BCUT2D eigenvalue weighted by Gasteiger charge is 2.31. The summed E-state index contributed by atoms with van der Waals surface area (Å²) in [6.07, 6.45) is -1.01. The summed E-state index contributed by atoms with van der Waals surface area (Å²) in [6, 6.07) is 16.8. The Kier molecular flexibility index (Phi) is 4.99. The molecule has 2 aromatic rings. The summed E-state index contributed by atoms with van der Waals surface area (Å²) >= 11 is 0. The molecule has 140 valence electrons. The van der Waals surface area contributed by atoms with Crippen molar-refractivity contribution in [1.82, 2.24) is 10.6 Å². The Bertz CT molecular complexity index is 885. The molecule has 0 fully saturated rings. The van der Waals surface area contributed by atoms with Gasteiger partial charge in [-0.15, -0.1) is 0 Å².